The summed E-state index contributed by atoms with van der Waals surface area (Å²) in [4.78, 5) is 16.4. The smallest absolute Gasteiger partial charge is 0.260 e. The van der Waals surface area contributed by atoms with Crippen molar-refractivity contribution in [2.24, 2.45) is 0 Å². The standard InChI is InChI=1S/C18H23N3O4/c1-14-10-17(25-19-14)12-20-6-8-21(9-7-20)18(22)13-24-16-5-3-4-15(11-16)23-2/h3-5,10-11H,6-9,12-13H2,1-2H3. The molecule has 0 atom stereocenters. The summed E-state index contributed by atoms with van der Waals surface area (Å²) < 4.78 is 16.0. The minimum atomic E-state index is -0.00187. The number of hydrogen-bond donors (Lipinski definition) is 0. The van der Waals surface area contributed by atoms with Gasteiger partial charge in [0.2, 0.25) is 0 Å². The molecule has 2 heterocycles. The van der Waals surface area contributed by atoms with Gasteiger partial charge in [0.15, 0.2) is 12.4 Å². The fraction of sp³-hybridized carbons (Fsp3) is 0.444. The zero-order valence-electron chi connectivity index (χ0n) is 14.6. The first-order chi connectivity index (χ1) is 12.1. The number of hydrogen-bond acceptors (Lipinski definition) is 6. The Labute approximate surface area is 147 Å². The Bertz CT molecular complexity index is 708. The first-order valence-corrected chi connectivity index (χ1v) is 8.33. The second kappa shape index (κ2) is 8.02. The number of rotatable bonds is 6. The van der Waals surface area contributed by atoms with Gasteiger partial charge >= 0.3 is 0 Å². The van der Waals surface area contributed by atoms with E-state index in [1.165, 1.54) is 0 Å². The number of nitrogens with zero attached hydrogens (tertiary/aromatic N) is 3. The van der Waals surface area contributed by atoms with Crippen molar-refractivity contribution >= 4 is 5.91 Å². The van der Waals surface area contributed by atoms with Gasteiger partial charge < -0.3 is 18.9 Å². The molecule has 7 nitrogen and oxygen atoms in total. The number of aryl methyl sites for hydroxylation is 1. The van der Waals surface area contributed by atoms with E-state index in [0.717, 1.165) is 31.1 Å². The Kier molecular flexibility index (Phi) is 5.55. The van der Waals surface area contributed by atoms with Gasteiger partial charge in [0, 0.05) is 38.3 Å². The van der Waals surface area contributed by atoms with Gasteiger partial charge in [-0.1, -0.05) is 11.2 Å². The molecule has 0 unspecified atom stereocenters. The molecule has 3 rings (SSSR count). The van der Waals surface area contributed by atoms with E-state index in [0.29, 0.717) is 24.6 Å². The van der Waals surface area contributed by atoms with E-state index in [9.17, 15) is 4.79 Å². The lowest BCUT2D eigenvalue weighted by Crippen LogP contribution is -2.49. The van der Waals surface area contributed by atoms with E-state index >= 15 is 0 Å². The number of carbonyl (C=O) groups excluding carboxylic acids is 1. The number of methoxy groups -OCH3 is 1. The molecule has 1 saturated heterocycles. The Morgan fingerprint density at radius 3 is 2.64 bits per heavy atom. The lowest BCUT2D eigenvalue weighted by Gasteiger charge is -2.34. The van der Waals surface area contributed by atoms with Gasteiger partial charge in [-0.05, 0) is 19.1 Å². The van der Waals surface area contributed by atoms with E-state index in [4.69, 9.17) is 14.0 Å². The summed E-state index contributed by atoms with van der Waals surface area (Å²) in [5.41, 5.74) is 0.888. The van der Waals surface area contributed by atoms with E-state index < -0.39 is 0 Å². The highest BCUT2D eigenvalue weighted by atomic mass is 16.5. The molecule has 0 radical (unpaired) electrons. The number of aromatic nitrogens is 1. The second-order valence-electron chi connectivity index (χ2n) is 6.06. The van der Waals surface area contributed by atoms with Crippen molar-refractivity contribution in [1.82, 2.24) is 15.0 Å². The minimum absolute atomic E-state index is 0.00187. The van der Waals surface area contributed by atoms with Gasteiger partial charge in [-0.25, -0.2) is 0 Å². The molecule has 7 heteroatoms. The maximum atomic E-state index is 12.3. The van der Waals surface area contributed by atoms with Crippen molar-refractivity contribution in [3.8, 4) is 11.5 Å². The SMILES string of the molecule is COc1cccc(OCC(=O)N2CCN(Cc3cc(C)no3)CC2)c1. The zero-order valence-corrected chi connectivity index (χ0v) is 14.6. The molecular formula is C18H23N3O4. The van der Waals surface area contributed by atoms with Gasteiger partial charge in [-0.3, -0.25) is 9.69 Å². The molecule has 0 bridgehead atoms. The number of ether oxygens (including phenoxy) is 2. The average molecular weight is 345 g/mol. The van der Waals surface area contributed by atoms with Crippen LogP contribution in [0, 0.1) is 6.92 Å². The van der Waals surface area contributed by atoms with Crippen LogP contribution in [0.4, 0.5) is 0 Å². The number of piperazine rings is 1. The third-order valence-corrected chi connectivity index (χ3v) is 4.18. The summed E-state index contributed by atoms with van der Waals surface area (Å²) >= 11 is 0. The molecule has 1 amide bonds. The summed E-state index contributed by atoms with van der Waals surface area (Å²) in [5, 5.41) is 3.90. The highest BCUT2D eigenvalue weighted by Gasteiger charge is 2.22. The largest absolute Gasteiger partial charge is 0.497 e. The highest BCUT2D eigenvalue weighted by molar-refractivity contribution is 5.77. The van der Waals surface area contributed by atoms with Crippen LogP contribution in [-0.4, -0.2) is 60.8 Å². The van der Waals surface area contributed by atoms with Gasteiger partial charge in [0.25, 0.3) is 5.91 Å². The maximum absolute atomic E-state index is 12.3. The predicted molar refractivity (Wildman–Crippen MR) is 91.6 cm³/mol. The zero-order chi connectivity index (χ0) is 17.6. The lowest BCUT2D eigenvalue weighted by molar-refractivity contribution is -0.135. The fourth-order valence-electron chi connectivity index (χ4n) is 2.79. The van der Waals surface area contributed by atoms with E-state index in [2.05, 4.69) is 10.1 Å². The highest BCUT2D eigenvalue weighted by Crippen LogP contribution is 2.19. The first-order valence-electron chi connectivity index (χ1n) is 8.33. The molecule has 2 aromatic rings. The van der Waals surface area contributed by atoms with Crippen molar-refractivity contribution in [1.29, 1.82) is 0 Å². The fourth-order valence-corrected chi connectivity index (χ4v) is 2.79. The number of carbonyl (C=O) groups is 1. The Morgan fingerprint density at radius 1 is 1.20 bits per heavy atom. The molecule has 0 aliphatic carbocycles. The molecular weight excluding hydrogens is 322 g/mol. The third-order valence-electron chi connectivity index (χ3n) is 4.18. The van der Waals surface area contributed by atoms with Crippen LogP contribution in [0.3, 0.4) is 0 Å². The Balaban J connectivity index is 1.43. The summed E-state index contributed by atoms with van der Waals surface area (Å²) in [6.07, 6.45) is 0. The van der Waals surface area contributed by atoms with Crippen LogP contribution in [0.5, 0.6) is 11.5 Å². The van der Waals surface area contributed by atoms with Crippen LogP contribution in [0.25, 0.3) is 0 Å². The number of amides is 1. The van der Waals surface area contributed by atoms with Crippen LogP contribution in [0.1, 0.15) is 11.5 Å². The summed E-state index contributed by atoms with van der Waals surface area (Å²) in [7, 11) is 1.60. The Morgan fingerprint density at radius 2 is 1.96 bits per heavy atom. The van der Waals surface area contributed by atoms with Crippen molar-refractivity contribution < 1.29 is 18.8 Å². The topological polar surface area (TPSA) is 68.0 Å². The van der Waals surface area contributed by atoms with Gasteiger partial charge in [-0.15, -0.1) is 0 Å². The number of benzene rings is 1. The normalized spacial score (nSPS) is 15.2. The summed E-state index contributed by atoms with van der Waals surface area (Å²) in [5.74, 6) is 2.20. The van der Waals surface area contributed by atoms with E-state index in [1.807, 2.05) is 36.1 Å². The second-order valence-corrected chi connectivity index (χ2v) is 6.06. The van der Waals surface area contributed by atoms with Gasteiger partial charge in [0.1, 0.15) is 11.5 Å². The third kappa shape index (κ3) is 4.73. The molecule has 1 aromatic carbocycles. The van der Waals surface area contributed by atoms with Crippen LogP contribution >= 0.6 is 0 Å². The minimum Gasteiger partial charge on any atom is -0.497 e. The van der Waals surface area contributed by atoms with Crippen LogP contribution in [0.2, 0.25) is 0 Å². The quantitative estimate of drug-likeness (QED) is 0.794. The van der Waals surface area contributed by atoms with Crippen LogP contribution in [-0.2, 0) is 11.3 Å². The molecule has 1 aliphatic rings. The lowest BCUT2D eigenvalue weighted by atomic mass is 10.3. The molecule has 0 N–H and O–H groups in total. The van der Waals surface area contributed by atoms with Crippen molar-refractivity contribution in [2.45, 2.75) is 13.5 Å². The monoisotopic (exact) mass is 345 g/mol. The Hall–Kier alpha value is -2.54. The molecule has 1 fully saturated rings. The van der Waals surface area contributed by atoms with Gasteiger partial charge in [0.05, 0.1) is 19.3 Å². The van der Waals surface area contributed by atoms with E-state index in [-0.39, 0.29) is 12.5 Å². The molecule has 0 saturated carbocycles. The molecule has 1 aliphatic heterocycles. The van der Waals surface area contributed by atoms with Gasteiger partial charge in [-0.2, -0.15) is 0 Å². The molecule has 1 aromatic heterocycles. The summed E-state index contributed by atoms with van der Waals surface area (Å²) in [6, 6.07) is 9.20. The maximum Gasteiger partial charge on any atom is 0.260 e. The predicted octanol–water partition coefficient (Wildman–Crippen LogP) is 1.71. The molecule has 0 spiro atoms. The van der Waals surface area contributed by atoms with Crippen molar-refractivity contribution in [2.75, 3.05) is 39.9 Å². The average Bonchev–Trinajstić information content (AvgIpc) is 3.05. The first kappa shape index (κ1) is 17.3. The van der Waals surface area contributed by atoms with Crippen molar-refractivity contribution in [3.05, 3.63) is 41.8 Å². The van der Waals surface area contributed by atoms with Crippen LogP contribution < -0.4 is 9.47 Å². The molecule has 25 heavy (non-hydrogen) atoms. The van der Waals surface area contributed by atoms with Crippen LogP contribution in [0.15, 0.2) is 34.9 Å². The summed E-state index contributed by atoms with van der Waals surface area (Å²) in [6.45, 7) is 5.67. The van der Waals surface area contributed by atoms with E-state index in [1.54, 1.807) is 13.2 Å². The van der Waals surface area contributed by atoms with Crippen molar-refractivity contribution in [3.63, 3.8) is 0 Å². The molecule has 134 valence electrons.